The van der Waals surface area contributed by atoms with E-state index < -0.39 is 11.6 Å². The molecule has 4 N–H and O–H groups in total. The van der Waals surface area contributed by atoms with Gasteiger partial charge in [-0.2, -0.15) is 10.4 Å². The van der Waals surface area contributed by atoms with E-state index in [0.717, 1.165) is 6.07 Å². The maximum atomic E-state index is 15.3. The topological polar surface area (TPSA) is 118 Å². The van der Waals surface area contributed by atoms with Crippen LogP contribution in [0.15, 0.2) is 36.4 Å². The Labute approximate surface area is 197 Å². The number of aromatic nitrogens is 3. The Morgan fingerprint density at radius 1 is 1.09 bits per heavy atom. The number of benzene rings is 2. The quantitative estimate of drug-likeness (QED) is 0.378. The Morgan fingerprint density at radius 2 is 1.85 bits per heavy atom. The van der Waals surface area contributed by atoms with Gasteiger partial charge in [-0.1, -0.05) is 6.07 Å². The molecule has 172 valence electrons. The van der Waals surface area contributed by atoms with Gasteiger partial charge in [-0.05, 0) is 41.6 Å². The van der Waals surface area contributed by atoms with Gasteiger partial charge in [0.05, 0.1) is 22.3 Å². The van der Waals surface area contributed by atoms with E-state index in [9.17, 15) is 14.8 Å². The molecule has 3 heterocycles. The Kier molecular flexibility index (Phi) is 5.43. The normalized spacial score (nSPS) is 14.5. The number of pyridine rings is 1. The number of phenolic OH excluding ortho intramolecular Hbond substituents is 1. The van der Waals surface area contributed by atoms with Crippen molar-refractivity contribution in [1.82, 2.24) is 19.6 Å². The summed E-state index contributed by atoms with van der Waals surface area (Å²) in [4.78, 5) is 6.25. The molecule has 2 aromatic carbocycles. The van der Waals surface area contributed by atoms with Crippen LogP contribution >= 0.6 is 11.8 Å². The van der Waals surface area contributed by atoms with Crippen molar-refractivity contribution in [1.29, 1.82) is 5.26 Å². The third-order valence-electron chi connectivity index (χ3n) is 5.85. The number of aromatic amines is 1. The number of halogens is 3. The van der Waals surface area contributed by atoms with Gasteiger partial charge in [-0.3, -0.25) is 5.10 Å². The molecule has 0 atom stereocenters. The number of fused-ring (bicyclic) bond motifs is 1. The van der Waals surface area contributed by atoms with Gasteiger partial charge in [-0.25, -0.2) is 18.2 Å². The van der Waals surface area contributed by atoms with E-state index >= 15 is 4.39 Å². The lowest BCUT2D eigenvalue weighted by atomic mass is 9.93. The summed E-state index contributed by atoms with van der Waals surface area (Å²) in [5.41, 5.74) is 7.32. The highest BCUT2D eigenvalue weighted by Gasteiger charge is 2.25. The fourth-order valence-corrected chi connectivity index (χ4v) is 4.36. The van der Waals surface area contributed by atoms with Crippen LogP contribution in [0.3, 0.4) is 0 Å². The van der Waals surface area contributed by atoms with E-state index in [-0.39, 0.29) is 39.6 Å². The molecule has 1 aliphatic rings. The monoisotopic (exact) mass is 481 g/mol. The Morgan fingerprint density at radius 3 is 2.53 bits per heavy atom. The molecule has 1 aliphatic heterocycles. The Hall–Kier alpha value is -3.94. The first-order chi connectivity index (χ1) is 16.4. The standard InChI is InChI=1S/C23H18ClF2N7O/c24-33-7-5-32(6-8-33)18-4-1-12(9-17(18)26)19-15(11-27)21(14-3-2-13(34)10-16(14)25)29-23-20(19)22(28)30-31-23/h1-4,9-10,34H,5-8H2,(H3,28,29,30,31). The van der Waals surface area contributed by atoms with Crippen molar-refractivity contribution in [3.05, 3.63) is 53.6 Å². The molecule has 0 unspecified atom stereocenters. The highest BCUT2D eigenvalue weighted by molar-refractivity contribution is 6.13. The van der Waals surface area contributed by atoms with Crippen molar-refractivity contribution < 1.29 is 13.9 Å². The number of nitrogens with two attached hydrogens (primary N) is 1. The molecule has 11 heteroatoms. The first-order valence-corrected chi connectivity index (χ1v) is 10.7. The van der Waals surface area contributed by atoms with Gasteiger partial charge in [0, 0.05) is 43.4 Å². The molecule has 0 amide bonds. The molecular formula is C23H18ClF2N7O. The van der Waals surface area contributed by atoms with E-state index in [2.05, 4.69) is 21.3 Å². The number of rotatable bonds is 3. The van der Waals surface area contributed by atoms with E-state index in [1.54, 1.807) is 16.6 Å². The number of hydrogen-bond donors (Lipinski definition) is 3. The van der Waals surface area contributed by atoms with Crippen molar-refractivity contribution in [3.8, 4) is 34.2 Å². The third kappa shape index (κ3) is 3.65. The lowest BCUT2D eigenvalue weighted by Crippen LogP contribution is -2.42. The molecule has 0 aliphatic carbocycles. The number of aromatic hydroxyl groups is 1. The average molecular weight is 482 g/mol. The molecule has 0 radical (unpaired) electrons. The van der Waals surface area contributed by atoms with Crippen molar-refractivity contribution >= 4 is 34.3 Å². The molecule has 0 spiro atoms. The average Bonchev–Trinajstić information content (AvgIpc) is 3.19. The summed E-state index contributed by atoms with van der Waals surface area (Å²) in [7, 11) is 0. The molecule has 4 aromatic rings. The van der Waals surface area contributed by atoms with E-state index in [0.29, 0.717) is 42.8 Å². The summed E-state index contributed by atoms with van der Waals surface area (Å²) < 4.78 is 31.6. The van der Waals surface area contributed by atoms with Gasteiger partial charge >= 0.3 is 0 Å². The van der Waals surface area contributed by atoms with Gasteiger partial charge in [0.1, 0.15) is 29.3 Å². The molecule has 0 bridgehead atoms. The second-order valence-corrected chi connectivity index (χ2v) is 8.36. The highest BCUT2D eigenvalue weighted by Crippen LogP contribution is 2.40. The van der Waals surface area contributed by atoms with Crippen molar-refractivity contribution in [2.75, 3.05) is 36.8 Å². The first-order valence-electron chi connectivity index (χ1n) is 10.4. The largest absolute Gasteiger partial charge is 0.508 e. The van der Waals surface area contributed by atoms with Crippen LogP contribution in [0.2, 0.25) is 0 Å². The number of nitriles is 1. The molecule has 34 heavy (non-hydrogen) atoms. The van der Waals surface area contributed by atoms with E-state index in [1.165, 1.54) is 18.2 Å². The van der Waals surface area contributed by atoms with Crippen LogP contribution in [0.1, 0.15) is 5.56 Å². The summed E-state index contributed by atoms with van der Waals surface area (Å²) in [6.45, 7) is 2.34. The minimum atomic E-state index is -0.766. The number of hydrogen-bond acceptors (Lipinski definition) is 7. The zero-order valence-corrected chi connectivity index (χ0v) is 18.4. The molecule has 2 aromatic heterocycles. The smallest absolute Gasteiger partial charge is 0.184 e. The molecule has 5 rings (SSSR count). The zero-order valence-electron chi connectivity index (χ0n) is 17.7. The number of nitrogens with zero attached hydrogens (tertiary/aromatic N) is 5. The number of nitrogen functional groups attached to an aromatic ring is 1. The second-order valence-electron chi connectivity index (χ2n) is 7.89. The summed E-state index contributed by atoms with van der Waals surface area (Å²) in [6, 6.07) is 10.3. The van der Waals surface area contributed by atoms with Crippen LogP contribution in [0, 0.1) is 23.0 Å². The summed E-state index contributed by atoms with van der Waals surface area (Å²) in [5, 5.41) is 26.7. The molecular weight excluding hydrogens is 464 g/mol. The van der Waals surface area contributed by atoms with Crippen LogP contribution in [0.5, 0.6) is 5.75 Å². The minimum absolute atomic E-state index is 0.00453. The van der Waals surface area contributed by atoms with Gasteiger partial charge in [0.15, 0.2) is 5.65 Å². The summed E-state index contributed by atoms with van der Waals surface area (Å²) in [6.07, 6.45) is 0. The maximum absolute atomic E-state index is 15.3. The third-order valence-corrected chi connectivity index (χ3v) is 6.19. The Bertz CT molecular complexity index is 1460. The fraction of sp³-hybridized carbons (Fsp3) is 0.174. The van der Waals surface area contributed by atoms with Crippen LogP contribution in [0.25, 0.3) is 33.4 Å². The van der Waals surface area contributed by atoms with Crippen LogP contribution < -0.4 is 10.6 Å². The molecule has 8 nitrogen and oxygen atoms in total. The lowest BCUT2D eigenvalue weighted by Gasteiger charge is -2.32. The summed E-state index contributed by atoms with van der Waals surface area (Å²) >= 11 is 6.01. The van der Waals surface area contributed by atoms with Gasteiger partial charge in [0.25, 0.3) is 0 Å². The summed E-state index contributed by atoms with van der Waals surface area (Å²) in [5.74, 6) is -1.36. The predicted octanol–water partition coefficient (Wildman–Crippen LogP) is 4.01. The second kappa shape index (κ2) is 8.44. The minimum Gasteiger partial charge on any atom is -0.508 e. The number of piperazine rings is 1. The first kappa shape index (κ1) is 21.9. The number of H-pyrrole nitrogens is 1. The van der Waals surface area contributed by atoms with Crippen LogP contribution in [-0.2, 0) is 0 Å². The fourth-order valence-electron chi connectivity index (χ4n) is 4.21. The van der Waals surface area contributed by atoms with Crippen molar-refractivity contribution in [2.24, 2.45) is 0 Å². The van der Waals surface area contributed by atoms with Gasteiger partial charge in [0.2, 0.25) is 0 Å². The molecule has 1 fully saturated rings. The lowest BCUT2D eigenvalue weighted by molar-refractivity contribution is 0.413. The number of anilines is 2. The van der Waals surface area contributed by atoms with E-state index in [1.807, 2.05) is 4.90 Å². The van der Waals surface area contributed by atoms with Crippen molar-refractivity contribution in [2.45, 2.75) is 0 Å². The number of nitrogens with one attached hydrogen (secondary N) is 1. The van der Waals surface area contributed by atoms with Crippen LogP contribution in [-0.4, -0.2) is 50.9 Å². The molecule has 0 saturated carbocycles. The van der Waals surface area contributed by atoms with Gasteiger partial charge in [-0.15, -0.1) is 0 Å². The van der Waals surface area contributed by atoms with Crippen molar-refractivity contribution in [3.63, 3.8) is 0 Å². The SMILES string of the molecule is N#Cc1c(-c2ccc(O)cc2F)nc2n[nH]c(N)c2c1-c1ccc(N2CCN(Cl)CC2)c(F)c1. The van der Waals surface area contributed by atoms with E-state index in [4.69, 9.17) is 17.5 Å². The number of phenols is 1. The van der Waals surface area contributed by atoms with Crippen LogP contribution in [0.4, 0.5) is 20.3 Å². The van der Waals surface area contributed by atoms with Gasteiger partial charge < -0.3 is 15.7 Å². The highest BCUT2D eigenvalue weighted by atomic mass is 35.5. The zero-order chi connectivity index (χ0) is 24.0. The molecule has 1 saturated heterocycles. The predicted molar refractivity (Wildman–Crippen MR) is 125 cm³/mol. The maximum Gasteiger partial charge on any atom is 0.184 e. The Balaban J connectivity index is 1.71.